The third kappa shape index (κ3) is 5.70. The maximum absolute atomic E-state index is 13.5. The number of methoxy groups -OCH3 is 1. The van der Waals surface area contributed by atoms with Crippen LogP contribution in [0.4, 0.5) is 4.39 Å². The molecule has 1 N–H and O–H groups in total. The Morgan fingerprint density at radius 3 is 2.50 bits per heavy atom. The predicted octanol–water partition coefficient (Wildman–Crippen LogP) is 3.35. The van der Waals surface area contributed by atoms with Crippen LogP contribution >= 0.6 is 11.6 Å². The van der Waals surface area contributed by atoms with Crippen molar-refractivity contribution in [3.05, 3.63) is 58.4 Å². The molecule has 30 heavy (non-hydrogen) atoms. The Morgan fingerprint density at radius 1 is 1.07 bits per heavy atom. The first-order valence-electron chi connectivity index (χ1n) is 9.75. The first kappa shape index (κ1) is 22.1. The number of ether oxygens (including phenoxy) is 2. The average Bonchev–Trinajstić information content (AvgIpc) is 3.06. The lowest BCUT2D eigenvalue weighted by Gasteiger charge is -2.16. The second-order valence-electron chi connectivity index (χ2n) is 6.95. The van der Waals surface area contributed by atoms with Gasteiger partial charge in [0.05, 0.1) is 18.7 Å². The van der Waals surface area contributed by atoms with Crippen molar-refractivity contribution in [2.45, 2.75) is 25.8 Å². The number of likely N-dealkylation sites (tertiary alicyclic amines) is 1. The molecule has 1 aliphatic heterocycles. The lowest BCUT2D eigenvalue weighted by molar-refractivity contribution is -0.138. The highest BCUT2D eigenvalue weighted by Gasteiger charge is 2.28. The van der Waals surface area contributed by atoms with Gasteiger partial charge in [-0.3, -0.25) is 14.5 Å². The summed E-state index contributed by atoms with van der Waals surface area (Å²) in [6, 6.07) is 10.4. The smallest absolute Gasteiger partial charge is 0.229 e. The van der Waals surface area contributed by atoms with Gasteiger partial charge >= 0.3 is 0 Å². The number of imide groups is 1. The zero-order chi connectivity index (χ0) is 21.5. The Morgan fingerprint density at radius 2 is 1.80 bits per heavy atom. The number of nitrogens with zero attached hydrogens (tertiary/aromatic N) is 1. The van der Waals surface area contributed by atoms with Crippen LogP contribution < -0.4 is 14.8 Å². The zero-order valence-electron chi connectivity index (χ0n) is 16.7. The number of benzene rings is 2. The van der Waals surface area contributed by atoms with Crippen LogP contribution in [0.15, 0.2) is 36.4 Å². The van der Waals surface area contributed by atoms with Gasteiger partial charge < -0.3 is 14.8 Å². The number of hydrogen-bond donors (Lipinski definition) is 1. The van der Waals surface area contributed by atoms with E-state index < -0.39 is 5.82 Å². The van der Waals surface area contributed by atoms with E-state index in [2.05, 4.69) is 5.32 Å². The van der Waals surface area contributed by atoms with Crippen LogP contribution in [-0.2, 0) is 22.6 Å². The summed E-state index contributed by atoms with van der Waals surface area (Å²) < 4.78 is 24.6. The molecule has 2 aromatic rings. The van der Waals surface area contributed by atoms with Gasteiger partial charge in [0, 0.05) is 19.4 Å². The Kier molecular flexibility index (Phi) is 7.65. The van der Waals surface area contributed by atoms with Gasteiger partial charge in [0.25, 0.3) is 0 Å². The molecule has 2 amide bonds. The number of halogens is 2. The summed E-state index contributed by atoms with van der Waals surface area (Å²) in [5.41, 5.74) is 1.88. The van der Waals surface area contributed by atoms with Gasteiger partial charge in [-0.05, 0) is 48.4 Å². The van der Waals surface area contributed by atoms with Crippen LogP contribution in [-0.4, -0.2) is 43.5 Å². The predicted molar refractivity (Wildman–Crippen MR) is 111 cm³/mol. The topological polar surface area (TPSA) is 67.9 Å². The standard InChI is InChI=1S/C22H24ClFN2O4/c1-29-20-13-16(14-25-9-8-15-2-4-17(23)18(24)12-15)3-5-19(20)30-11-10-26-21(27)6-7-22(26)28/h2-5,12-13,25H,6-11,14H2,1H3. The Labute approximate surface area is 179 Å². The van der Waals surface area contributed by atoms with E-state index in [1.54, 1.807) is 19.2 Å². The van der Waals surface area contributed by atoms with Crippen molar-refractivity contribution >= 4 is 23.4 Å². The van der Waals surface area contributed by atoms with Crippen molar-refractivity contribution < 1.29 is 23.5 Å². The molecule has 8 heteroatoms. The summed E-state index contributed by atoms with van der Waals surface area (Å²) in [5.74, 6) is 0.412. The van der Waals surface area contributed by atoms with E-state index in [9.17, 15) is 14.0 Å². The van der Waals surface area contributed by atoms with Crippen LogP contribution in [0.25, 0.3) is 0 Å². The minimum absolute atomic E-state index is 0.125. The quantitative estimate of drug-likeness (QED) is 0.459. The van der Waals surface area contributed by atoms with Crippen LogP contribution in [0, 0.1) is 5.82 Å². The highest BCUT2D eigenvalue weighted by molar-refractivity contribution is 6.30. The van der Waals surface area contributed by atoms with E-state index in [0.29, 0.717) is 31.0 Å². The minimum Gasteiger partial charge on any atom is -0.493 e. The lowest BCUT2D eigenvalue weighted by atomic mass is 10.1. The molecule has 0 radical (unpaired) electrons. The minimum atomic E-state index is -0.409. The summed E-state index contributed by atoms with van der Waals surface area (Å²) >= 11 is 5.70. The van der Waals surface area contributed by atoms with E-state index in [1.807, 2.05) is 18.2 Å². The fraction of sp³-hybridized carbons (Fsp3) is 0.364. The molecule has 6 nitrogen and oxygen atoms in total. The molecule has 1 heterocycles. The van der Waals surface area contributed by atoms with Crippen LogP contribution in [0.5, 0.6) is 11.5 Å². The molecule has 0 unspecified atom stereocenters. The second-order valence-corrected chi connectivity index (χ2v) is 7.36. The Bertz CT molecular complexity index is 906. The fourth-order valence-corrected chi connectivity index (χ4v) is 3.34. The van der Waals surface area contributed by atoms with Crippen molar-refractivity contribution in [1.29, 1.82) is 0 Å². The second kappa shape index (κ2) is 10.4. The number of rotatable bonds is 10. The molecule has 160 valence electrons. The van der Waals surface area contributed by atoms with E-state index in [0.717, 1.165) is 11.1 Å². The molecular formula is C22H24ClFN2O4. The van der Waals surface area contributed by atoms with Gasteiger partial charge in [0.15, 0.2) is 11.5 Å². The Hall–Kier alpha value is -2.64. The maximum Gasteiger partial charge on any atom is 0.229 e. The fourth-order valence-electron chi connectivity index (χ4n) is 3.22. The monoisotopic (exact) mass is 434 g/mol. The normalized spacial score (nSPS) is 13.8. The molecule has 0 atom stereocenters. The number of hydrogen-bond acceptors (Lipinski definition) is 5. The van der Waals surface area contributed by atoms with Crippen molar-refractivity contribution in [2.24, 2.45) is 0 Å². The van der Waals surface area contributed by atoms with Crippen LogP contribution in [0.1, 0.15) is 24.0 Å². The summed E-state index contributed by atoms with van der Waals surface area (Å²) in [7, 11) is 1.56. The molecular weight excluding hydrogens is 411 g/mol. The third-order valence-corrected chi connectivity index (χ3v) is 5.17. The summed E-state index contributed by atoms with van der Waals surface area (Å²) in [4.78, 5) is 24.5. The average molecular weight is 435 g/mol. The van der Waals surface area contributed by atoms with Crippen molar-refractivity contribution in [2.75, 3.05) is 26.8 Å². The van der Waals surface area contributed by atoms with Gasteiger partial charge in [-0.15, -0.1) is 0 Å². The molecule has 0 spiro atoms. The Balaban J connectivity index is 1.46. The van der Waals surface area contributed by atoms with Gasteiger partial charge in [-0.2, -0.15) is 0 Å². The number of carbonyl (C=O) groups is 2. The summed E-state index contributed by atoms with van der Waals surface area (Å²) in [5, 5.41) is 3.44. The largest absolute Gasteiger partial charge is 0.493 e. The first-order valence-corrected chi connectivity index (χ1v) is 10.1. The zero-order valence-corrected chi connectivity index (χ0v) is 17.5. The molecule has 1 saturated heterocycles. The first-order chi connectivity index (χ1) is 14.5. The van der Waals surface area contributed by atoms with E-state index in [1.165, 1.54) is 11.0 Å². The van der Waals surface area contributed by atoms with Gasteiger partial charge in [-0.25, -0.2) is 4.39 Å². The van der Waals surface area contributed by atoms with E-state index in [-0.39, 0.29) is 42.8 Å². The molecule has 2 aromatic carbocycles. The van der Waals surface area contributed by atoms with Crippen molar-refractivity contribution in [3.63, 3.8) is 0 Å². The van der Waals surface area contributed by atoms with Crippen LogP contribution in [0.2, 0.25) is 5.02 Å². The number of carbonyl (C=O) groups excluding carboxylic acids is 2. The molecule has 1 aliphatic rings. The van der Waals surface area contributed by atoms with Gasteiger partial charge in [-0.1, -0.05) is 23.7 Å². The molecule has 0 saturated carbocycles. The third-order valence-electron chi connectivity index (χ3n) is 4.86. The van der Waals surface area contributed by atoms with Crippen LogP contribution in [0.3, 0.4) is 0 Å². The maximum atomic E-state index is 13.5. The summed E-state index contributed by atoms with van der Waals surface area (Å²) in [6.07, 6.45) is 1.23. The highest BCUT2D eigenvalue weighted by Crippen LogP contribution is 2.28. The molecule has 0 aromatic heterocycles. The highest BCUT2D eigenvalue weighted by atomic mass is 35.5. The van der Waals surface area contributed by atoms with Crippen molar-refractivity contribution in [3.8, 4) is 11.5 Å². The molecule has 3 rings (SSSR count). The van der Waals surface area contributed by atoms with Crippen molar-refractivity contribution in [1.82, 2.24) is 10.2 Å². The summed E-state index contributed by atoms with van der Waals surface area (Å²) in [6.45, 7) is 1.74. The number of nitrogens with one attached hydrogen (secondary N) is 1. The van der Waals surface area contributed by atoms with Gasteiger partial charge in [0.1, 0.15) is 12.4 Å². The van der Waals surface area contributed by atoms with E-state index in [4.69, 9.17) is 21.1 Å². The lowest BCUT2D eigenvalue weighted by Crippen LogP contribution is -2.33. The van der Waals surface area contributed by atoms with E-state index >= 15 is 0 Å². The molecule has 0 bridgehead atoms. The molecule has 0 aliphatic carbocycles. The number of amides is 2. The van der Waals surface area contributed by atoms with Gasteiger partial charge in [0.2, 0.25) is 11.8 Å². The SMILES string of the molecule is COc1cc(CNCCc2ccc(Cl)c(F)c2)ccc1OCCN1C(=O)CCC1=O. The molecule has 1 fully saturated rings.